The monoisotopic (exact) mass is 552 g/mol. The molecular weight excluding hydrogens is 523 g/mol. The molecule has 0 aliphatic rings. The van der Waals surface area contributed by atoms with E-state index < -0.39 is 19.9 Å². The molecule has 27 heavy (non-hydrogen) atoms. The van der Waals surface area contributed by atoms with Gasteiger partial charge in [-0.05, 0) is 31.7 Å². The van der Waals surface area contributed by atoms with Crippen LogP contribution in [0.1, 0.15) is 20.3 Å². The van der Waals surface area contributed by atoms with Crippen LogP contribution < -0.4 is 10.6 Å². The van der Waals surface area contributed by atoms with Crippen molar-refractivity contribution in [1.82, 2.24) is 14.9 Å². The van der Waals surface area contributed by atoms with E-state index in [1.54, 1.807) is 17.5 Å². The van der Waals surface area contributed by atoms with Gasteiger partial charge in [0, 0.05) is 32.4 Å². The number of likely N-dealkylation sites (N-methyl/N-ethyl adjacent to an activating group) is 1. The second-order valence-corrected chi connectivity index (χ2v) is 11.5. The maximum absolute atomic E-state index is 12.4. The molecule has 1 heterocycles. The van der Waals surface area contributed by atoms with E-state index in [1.165, 1.54) is 28.9 Å². The van der Waals surface area contributed by atoms with Crippen molar-refractivity contribution in [2.24, 2.45) is 4.99 Å². The van der Waals surface area contributed by atoms with Crippen LogP contribution in [0.4, 0.5) is 0 Å². The minimum absolute atomic E-state index is 0. The van der Waals surface area contributed by atoms with Gasteiger partial charge in [-0.3, -0.25) is 4.99 Å². The molecule has 8 nitrogen and oxygen atoms in total. The van der Waals surface area contributed by atoms with Crippen LogP contribution in [0.2, 0.25) is 0 Å². The Morgan fingerprint density at radius 3 is 2.52 bits per heavy atom. The number of hydrogen-bond donors (Lipinski definition) is 2. The van der Waals surface area contributed by atoms with Gasteiger partial charge in [0.15, 0.2) is 5.96 Å². The molecule has 0 aliphatic carbocycles. The zero-order valence-corrected chi connectivity index (χ0v) is 20.8. The number of sulfone groups is 1. The molecule has 0 radical (unpaired) electrons. The molecule has 12 heteroatoms. The maximum Gasteiger partial charge on any atom is 0.252 e. The highest BCUT2D eigenvalue weighted by Crippen LogP contribution is 2.19. The van der Waals surface area contributed by atoms with Gasteiger partial charge in [0.2, 0.25) is 0 Å². The minimum atomic E-state index is -3.48. The summed E-state index contributed by atoms with van der Waals surface area (Å²) in [5, 5.41) is 7.94. The van der Waals surface area contributed by atoms with Crippen molar-refractivity contribution in [2.75, 3.05) is 38.7 Å². The summed E-state index contributed by atoms with van der Waals surface area (Å²) in [4.78, 5) is 4.37. The van der Waals surface area contributed by atoms with Gasteiger partial charge in [0.1, 0.15) is 14.0 Å². The molecule has 1 aromatic heterocycles. The van der Waals surface area contributed by atoms with E-state index in [4.69, 9.17) is 0 Å². The van der Waals surface area contributed by atoms with Crippen LogP contribution >= 0.6 is 35.3 Å². The van der Waals surface area contributed by atoms with E-state index in [1.807, 2.05) is 13.8 Å². The first-order valence-corrected chi connectivity index (χ1v) is 12.7. The Kier molecular flexibility index (Phi) is 12.0. The number of sulfonamides is 1. The van der Waals surface area contributed by atoms with Gasteiger partial charge in [0.25, 0.3) is 10.0 Å². The van der Waals surface area contributed by atoms with Crippen LogP contribution in [-0.4, -0.2) is 71.8 Å². The molecule has 1 rings (SSSR count). The number of thiophene rings is 1. The summed E-state index contributed by atoms with van der Waals surface area (Å²) in [6.45, 7) is 4.98. The van der Waals surface area contributed by atoms with Crippen molar-refractivity contribution >= 4 is 61.1 Å². The first kappa shape index (κ1) is 26.6. The average molecular weight is 553 g/mol. The second-order valence-electron chi connectivity index (χ2n) is 5.98. The van der Waals surface area contributed by atoms with Crippen molar-refractivity contribution in [3.63, 3.8) is 0 Å². The number of hydrogen-bond acceptors (Lipinski definition) is 6. The lowest BCUT2D eigenvalue weighted by Gasteiger charge is -2.18. The Balaban J connectivity index is 0.00000676. The quantitative estimate of drug-likeness (QED) is 0.258. The summed E-state index contributed by atoms with van der Waals surface area (Å²) in [6.07, 6.45) is 1.68. The second kappa shape index (κ2) is 12.2. The first-order valence-electron chi connectivity index (χ1n) is 8.28. The minimum Gasteiger partial charge on any atom is -0.357 e. The third kappa shape index (κ3) is 10.1. The Labute approximate surface area is 183 Å². The topological polar surface area (TPSA) is 108 Å². The molecule has 0 saturated heterocycles. The molecular formula is C15H29IN4O4S3. The van der Waals surface area contributed by atoms with Crippen LogP contribution in [0.3, 0.4) is 0 Å². The molecule has 0 saturated carbocycles. The van der Waals surface area contributed by atoms with Crippen LogP contribution in [-0.2, 0) is 19.9 Å². The highest BCUT2D eigenvalue weighted by Gasteiger charge is 2.21. The van der Waals surface area contributed by atoms with E-state index in [0.717, 1.165) is 0 Å². The molecule has 0 aromatic carbocycles. The summed E-state index contributed by atoms with van der Waals surface area (Å²) in [6, 6.07) is 3.21. The SMILES string of the molecule is CCNC(=NCCN(C)S(=O)(=O)c1cccs1)NC(C)CCS(C)(=O)=O.I. The summed E-state index contributed by atoms with van der Waals surface area (Å²) >= 11 is 1.18. The predicted octanol–water partition coefficient (Wildman–Crippen LogP) is 1.36. The Morgan fingerprint density at radius 2 is 2.00 bits per heavy atom. The van der Waals surface area contributed by atoms with Crippen LogP contribution in [0, 0.1) is 0 Å². The highest BCUT2D eigenvalue weighted by molar-refractivity contribution is 14.0. The molecule has 158 valence electrons. The fourth-order valence-electron chi connectivity index (χ4n) is 2.00. The van der Waals surface area contributed by atoms with Gasteiger partial charge in [0.05, 0.1) is 12.3 Å². The number of nitrogens with one attached hydrogen (secondary N) is 2. The zero-order chi connectivity index (χ0) is 19.8. The van der Waals surface area contributed by atoms with Gasteiger partial charge >= 0.3 is 0 Å². The molecule has 0 bridgehead atoms. The smallest absolute Gasteiger partial charge is 0.252 e. The van der Waals surface area contributed by atoms with E-state index in [-0.39, 0.29) is 48.9 Å². The van der Waals surface area contributed by atoms with Crippen molar-refractivity contribution in [1.29, 1.82) is 0 Å². The standard InChI is InChI=1S/C15H28N4O4S3.HI/c1-5-16-15(18-13(2)8-12-25(4,20)21)17-9-10-19(3)26(22,23)14-7-6-11-24-14;/h6-7,11,13H,5,8-10,12H2,1-4H3,(H2,16,17,18);1H. The lowest BCUT2D eigenvalue weighted by molar-refractivity contribution is 0.478. The third-order valence-electron chi connectivity index (χ3n) is 3.49. The third-order valence-corrected chi connectivity index (χ3v) is 7.70. The van der Waals surface area contributed by atoms with Crippen LogP contribution in [0.25, 0.3) is 0 Å². The van der Waals surface area contributed by atoms with Crippen molar-refractivity contribution in [2.45, 2.75) is 30.5 Å². The van der Waals surface area contributed by atoms with E-state index in [2.05, 4.69) is 15.6 Å². The van der Waals surface area contributed by atoms with Crippen LogP contribution in [0.15, 0.2) is 26.7 Å². The van der Waals surface area contributed by atoms with E-state index in [0.29, 0.717) is 23.1 Å². The molecule has 1 atom stereocenters. The molecule has 0 fully saturated rings. The fraction of sp³-hybridized carbons (Fsp3) is 0.667. The van der Waals surface area contributed by atoms with E-state index >= 15 is 0 Å². The number of guanidine groups is 1. The lowest BCUT2D eigenvalue weighted by atomic mass is 10.3. The normalized spacial score (nSPS) is 13.9. The number of halogens is 1. The van der Waals surface area contributed by atoms with Gasteiger partial charge < -0.3 is 10.6 Å². The van der Waals surface area contributed by atoms with Crippen LogP contribution in [0.5, 0.6) is 0 Å². The largest absolute Gasteiger partial charge is 0.357 e. The van der Waals surface area contributed by atoms with Crippen molar-refractivity contribution in [3.05, 3.63) is 17.5 Å². The lowest BCUT2D eigenvalue weighted by Crippen LogP contribution is -2.43. The van der Waals surface area contributed by atoms with Gasteiger partial charge in [-0.25, -0.2) is 16.8 Å². The molecule has 0 amide bonds. The summed E-state index contributed by atoms with van der Waals surface area (Å²) in [5.41, 5.74) is 0. The Hall–Kier alpha value is -0.440. The van der Waals surface area contributed by atoms with Crippen molar-refractivity contribution < 1.29 is 16.8 Å². The zero-order valence-electron chi connectivity index (χ0n) is 16.0. The summed E-state index contributed by atoms with van der Waals surface area (Å²) < 4.78 is 48.8. The Bertz CT molecular complexity index is 780. The Morgan fingerprint density at radius 1 is 1.33 bits per heavy atom. The summed E-state index contributed by atoms with van der Waals surface area (Å²) in [5.74, 6) is 0.637. The molecule has 1 aromatic rings. The first-order chi connectivity index (χ1) is 12.1. The predicted molar refractivity (Wildman–Crippen MR) is 122 cm³/mol. The molecule has 1 unspecified atom stereocenters. The highest BCUT2D eigenvalue weighted by atomic mass is 127. The van der Waals surface area contributed by atoms with Crippen molar-refractivity contribution in [3.8, 4) is 0 Å². The number of nitrogens with zero attached hydrogens (tertiary/aromatic N) is 2. The van der Waals surface area contributed by atoms with Gasteiger partial charge in [-0.2, -0.15) is 4.31 Å². The number of rotatable bonds is 10. The summed E-state index contributed by atoms with van der Waals surface area (Å²) in [7, 11) is -4.96. The maximum atomic E-state index is 12.4. The van der Waals surface area contributed by atoms with Gasteiger partial charge in [-0.15, -0.1) is 35.3 Å². The number of aliphatic imine (C=N–C) groups is 1. The van der Waals surface area contributed by atoms with E-state index in [9.17, 15) is 16.8 Å². The van der Waals surface area contributed by atoms with Gasteiger partial charge in [-0.1, -0.05) is 6.07 Å². The molecule has 2 N–H and O–H groups in total. The molecule has 0 spiro atoms. The molecule has 0 aliphatic heterocycles. The average Bonchev–Trinajstić information content (AvgIpc) is 3.07. The fourth-order valence-corrected chi connectivity index (χ4v) is 5.15.